The molecule has 1 aliphatic heterocycles. The van der Waals surface area contributed by atoms with Crippen molar-refractivity contribution in [1.29, 1.82) is 0 Å². The van der Waals surface area contributed by atoms with Gasteiger partial charge in [-0.2, -0.15) is 13.2 Å². The van der Waals surface area contributed by atoms with Crippen LogP contribution in [0.25, 0.3) is 22.6 Å². The van der Waals surface area contributed by atoms with E-state index in [1.807, 2.05) is 12.1 Å². The quantitative estimate of drug-likeness (QED) is 0.723. The van der Waals surface area contributed by atoms with Gasteiger partial charge in [0.25, 0.3) is 0 Å². The molecule has 3 heterocycles. The number of nitrogens with zero attached hydrogens (tertiary/aromatic N) is 4. The molecule has 3 aromatic rings. The van der Waals surface area contributed by atoms with Crippen molar-refractivity contribution < 1.29 is 23.0 Å². The lowest BCUT2D eigenvalue weighted by atomic mass is 10.0. The van der Waals surface area contributed by atoms with Gasteiger partial charge in [0, 0.05) is 20.1 Å². The number of phenols is 1. The summed E-state index contributed by atoms with van der Waals surface area (Å²) in [6, 6.07) is 5.51. The first-order valence-corrected chi connectivity index (χ1v) is 8.83. The highest BCUT2D eigenvalue weighted by Gasteiger charge is 2.32. The van der Waals surface area contributed by atoms with Crippen LogP contribution in [0.3, 0.4) is 0 Å². The zero-order chi connectivity index (χ0) is 20.1. The van der Waals surface area contributed by atoms with E-state index in [2.05, 4.69) is 14.9 Å². The van der Waals surface area contributed by atoms with E-state index in [9.17, 15) is 18.3 Å². The van der Waals surface area contributed by atoms with Crippen molar-refractivity contribution >= 4 is 17.0 Å². The highest BCUT2D eigenvalue weighted by Crippen LogP contribution is 2.39. The maximum absolute atomic E-state index is 13.0. The number of halogens is 3. The Bertz CT molecular complexity index is 1020. The van der Waals surface area contributed by atoms with Gasteiger partial charge in [-0.15, -0.1) is 0 Å². The van der Waals surface area contributed by atoms with E-state index in [-0.39, 0.29) is 5.56 Å². The van der Waals surface area contributed by atoms with Crippen molar-refractivity contribution in [3.05, 3.63) is 35.4 Å². The molecule has 0 aliphatic carbocycles. The van der Waals surface area contributed by atoms with Gasteiger partial charge in [0.2, 0.25) is 0 Å². The van der Waals surface area contributed by atoms with E-state index in [1.165, 1.54) is 6.92 Å². The first kappa shape index (κ1) is 18.5. The van der Waals surface area contributed by atoms with Gasteiger partial charge in [0.15, 0.2) is 5.65 Å². The van der Waals surface area contributed by atoms with E-state index in [0.29, 0.717) is 30.2 Å². The number of rotatable bonds is 2. The number of imidazole rings is 1. The average Bonchev–Trinajstić information content (AvgIpc) is 2.97. The third kappa shape index (κ3) is 3.15. The van der Waals surface area contributed by atoms with E-state index in [1.54, 1.807) is 11.6 Å². The highest BCUT2D eigenvalue weighted by molar-refractivity contribution is 5.81. The second-order valence-corrected chi connectivity index (χ2v) is 6.79. The molecule has 0 radical (unpaired) electrons. The van der Waals surface area contributed by atoms with Crippen LogP contribution in [0, 0.1) is 6.92 Å². The molecule has 9 heteroatoms. The molecule has 1 aromatic carbocycles. The van der Waals surface area contributed by atoms with E-state index >= 15 is 0 Å². The van der Waals surface area contributed by atoms with Crippen LogP contribution in [-0.4, -0.2) is 45.9 Å². The Morgan fingerprint density at radius 3 is 2.46 bits per heavy atom. The third-order valence-corrected chi connectivity index (χ3v) is 4.93. The first-order chi connectivity index (χ1) is 13.3. The Morgan fingerprint density at radius 2 is 1.82 bits per heavy atom. The monoisotopic (exact) mass is 392 g/mol. The lowest BCUT2D eigenvalue weighted by Crippen LogP contribution is -2.36. The van der Waals surface area contributed by atoms with Crippen LogP contribution in [0.5, 0.6) is 5.75 Å². The number of aromatic nitrogens is 3. The Labute approximate surface area is 159 Å². The van der Waals surface area contributed by atoms with E-state index in [4.69, 9.17) is 4.74 Å². The van der Waals surface area contributed by atoms with Gasteiger partial charge < -0.3 is 19.3 Å². The van der Waals surface area contributed by atoms with Gasteiger partial charge in [0.1, 0.15) is 17.4 Å². The third-order valence-electron chi connectivity index (χ3n) is 4.93. The summed E-state index contributed by atoms with van der Waals surface area (Å²) < 4.78 is 46.1. The Kier molecular flexibility index (Phi) is 4.41. The maximum atomic E-state index is 13.0. The van der Waals surface area contributed by atoms with Crippen LogP contribution >= 0.6 is 0 Å². The van der Waals surface area contributed by atoms with Gasteiger partial charge in [0.05, 0.1) is 29.9 Å². The molecular weight excluding hydrogens is 373 g/mol. The molecule has 2 aromatic heterocycles. The fourth-order valence-electron chi connectivity index (χ4n) is 3.48. The fraction of sp³-hybridized carbons (Fsp3) is 0.368. The molecule has 4 rings (SSSR count). The molecule has 148 valence electrons. The second kappa shape index (κ2) is 6.66. The van der Waals surface area contributed by atoms with Crippen LogP contribution in [0.2, 0.25) is 0 Å². The summed E-state index contributed by atoms with van der Waals surface area (Å²) in [7, 11) is 1.75. The van der Waals surface area contributed by atoms with Crippen LogP contribution in [0.4, 0.5) is 19.0 Å². The van der Waals surface area contributed by atoms with Crippen LogP contribution in [0.15, 0.2) is 24.3 Å². The normalized spacial score (nSPS) is 15.4. The maximum Gasteiger partial charge on any atom is 0.416 e. The zero-order valence-electron chi connectivity index (χ0n) is 15.4. The van der Waals surface area contributed by atoms with Crippen molar-refractivity contribution in [3.8, 4) is 17.1 Å². The summed E-state index contributed by atoms with van der Waals surface area (Å²) in [5, 5.41) is 10.3. The number of benzene rings is 1. The summed E-state index contributed by atoms with van der Waals surface area (Å²) in [6.45, 7) is 4.25. The van der Waals surface area contributed by atoms with Crippen molar-refractivity contribution in [2.24, 2.45) is 7.05 Å². The lowest BCUT2D eigenvalue weighted by molar-refractivity contribution is -0.137. The van der Waals surface area contributed by atoms with Crippen molar-refractivity contribution in [2.75, 3.05) is 31.2 Å². The molecule has 1 N–H and O–H groups in total. The number of hydrogen-bond donors (Lipinski definition) is 1. The Hall–Kier alpha value is -2.81. The number of phenolic OH excluding ortho intramolecular Hbond substituents is 1. The smallest absolute Gasteiger partial charge is 0.416 e. The molecule has 0 spiro atoms. The molecule has 1 saturated heterocycles. The molecule has 1 aliphatic rings. The largest absolute Gasteiger partial charge is 0.507 e. The molecule has 1 fully saturated rings. The van der Waals surface area contributed by atoms with Gasteiger partial charge in [-0.3, -0.25) is 0 Å². The van der Waals surface area contributed by atoms with Crippen LogP contribution < -0.4 is 4.90 Å². The molecule has 0 amide bonds. The van der Waals surface area contributed by atoms with Crippen LogP contribution in [-0.2, 0) is 18.0 Å². The number of pyridine rings is 1. The summed E-state index contributed by atoms with van der Waals surface area (Å²) >= 11 is 0. The second-order valence-electron chi connectivity index (χ2n) is 6.79. The number of ether oxygens (including phenoxy) is 1. The van der Waals surface area contributed by atoms with Gasteiger partial charge in [-0.05, 0) is 36.8 Å². The number of fused-ring (bicyclic) bond motifs is 1. The number of aromatic hydroxyl groups is 1. The van der Waals surface area contributed by atoms with Gasteiger partial charge in [-0.25, -0.2) is 9.97 Å². The highest BCUT2D eigenvalue weighted by atomic mass is 19.4. The van der Waals surface area contributed by atoms with Crippen molar-refractivity contribution in [2.45, 2.75) is 13.1 Å². The first-order valence-electron chi connectivity index (χ1n) is 8.83. The standard InChI is InChI=1S/C19H19F3N4O2/c1-11-9-12(19(20,21)22)10-14(27)16(11)18-24-17-13(25(18)2)3-4-15(23-17)26-5-7-28-8-6-26/h3-4,9-10,27H,5-8H2,1-2H3. The molecule has 6 nitrogen and oxygen atoms in total. The summed E-state index contributed by atoms with van der Waals surface area (Å²) in [5.74, 6) is 0.679. The molecule has 0 bridgehead atoms. The van der Waals surface area contributed by atoms with Gasteiger partial charge >= 0.3 is 6.18 Å². The predicted octanol–water partition coefficient (Wildman–Crippen LogP) is 3.50. The topological polar surface area (TPSA) is 63.4 Å². The van der Waals surface area contributed by atoms with Crippen LogP contribution in [0.1, 0.15) is 11.1 Å². The number of anilines is 1. The van der Waals surface area contributed by atoms with Gasteiger partial charge in [-0.1, -0.05) is 0 Å². The number of alkyl halides is 3. The average molecular weight is 392 g/mol. The zero-order valence-corrected chi connectivity index (χ0v) is 15.4. The van der Waals surface area contributed by atoms with Crippen molar-refractivity contribution in [1.82, 2.24) is 14.5 Å². The van der Waals surface area contributed by atoms with E-state index in [0.717, 1.165) is 36.6 Å². The SMILES string of the molecule is Cc1cc(C(F)(F)F)cc(O)c1-c1nc2nc(N3CCOCC3)ccc2n1C. The summed E-state index contributed by atoms with van der Waals surface area (Å²) in [4.78, 5) is 11.2. The lowest BCUT2D eigenvalue weighted by Gasteiger charge is -2.27. The van der Waals surface area contributed by atoms with Crippen molar-refractivity contribution in [3.63, 3.8) is 0 Å². The number of aryl methyl sites for hydroxylation is 2. The van der Waals surface area contributed by atoms with E-state index < -0.39 is 17.5 Å². The predicted molar refractivity (Wildman–Crippen MR) is 98.4 cm³/mol. The molecule has 0 atom stereocenters. The minimum absolute atomic E-state index is 0.265. The minimum atomic E-state index is -4.53. The Balaban J connectivity index is 1.80. The molecule has 0 saturated carbocycles. The summed E-state index contributed by atoms with van der Waals surface area (Å²) in [5.41, 5.74) is 0.865. The Morgan fingerprint density at radius 1 is 1.11 bits per heavy atom. The fourth-order valence-corrected chi connectivity index (χ4v) is 3.48. The molecule has 0 unspecified atom stereocenters. The summed E-state index contributed by atoms with van der Waals surface area (Å²) in [6.07, 6.45) is -4.53. The number of morpholine rings is 1. The molecular formula is C19H19F3N4O2. The molecule has 28 heavy (non-hydrogen) atoms. The number of hydrogen-bond acceptors (Lipinski definition) is 5. The minimum Gasteiger partial charge on any atom is -0.507 e.